The van der Waals surface area contributed by atoms with Gasteiger partial charge in [-0.05, 0) is 25.7 Å². The molecule has 1 aliphatic heterocycles. The van der Waals surface area contributed by atoms with E-state index in [1.54, 1.807) is 4.31 Å². The van der Waals surface area contributed by atoms with Crippen molar-refractivity contribution in [1.82, 2.24) is 9.62 Å². The molecule has 0 aromatic carbocycles. The average molecular weight is 302 g/mol. The van der Waals surface area contributed by atoms with Crippen LogP contribution in [0.2, 0.25) is 0 Å². The number of amides is 1. The summed E-state index contributed by atoms with van der Waals surface area (Å²) < 4.78 is 25.0. The molecule has 1 atom stereocenters. The van der Waals surface area contributed by atoms with Gasteiger partial charge in [0.25, 0.3) is 0 Å². The Bertz CT molecular complexity index is 432. The number of nitrogens with one attached hydrogen (secondary N) is 1. The highest BCUT2D eigenvalue weighted by Gasteiger charge is 2.28. The van der Waals surface area contributed by atoms with Gasteiger partial charge in [0.05, 0.1) is 6.26 Å². The number of nitrogens with zero attached hydrogens (tertiary/aromatic N) is 1. The van der Waals surface area contributed by atoms with Crippen LogP contribution >= 0.6 is 0 Å². The number of hydrogen-bond donors (Lipinski definition) is 1. The Balaban J connectivity index is 2.36. The van der Waals surface area contributed by atoms with E-state index in [1.807, 2.05) is 19.1 Å². The second kappa shape index (κ2) is 8.42. The van der Waals surface area contributed by atoms with Crippen molar-refractivity contribution in [2.75, 3.05) is 19.3 Å². The lowest BCUT2D eigenvalue weighted by molar-refractivity contribution is -0.120. The summed E-state index contributed by atoms with van der Waals surface area (Å²) in [5.41, 5.74) is 0. The van der Waals surface area contributed by atoms with E-state index in [0.29, 0.717) is 25.9 Å². The number of rotatable bonds is 7. The molecule has 1 unspecified atom stereocenters. The Morgan fingerprint density at radius 2 is 2.10 bits per heavy atom. The molecule has 1 saturated heterocycles. The molecule has 0 spiro atoms. The molecular weight excluding hydrogens is 276 g/mol. The SMILES string of the molecule is CCC=CCC(=O)NCCC1CCCCN1S(C)(=O)=O. The van der Waals surface area contributed by atoms with Crippen LogP contribution in [0.15, 0.2) is 12.2 Å². The topological polar surface area (TPSA) is 66.5 Å². The maximum atomic E-state index is 11.7. The molecule has 0 aliphatic carbocycles. The van der Waals surface area contributed by atoms with Gasteiger partial charge in [-0.3, -0.25) is 4.79 Å². The largest absolute Gasteiger partial charge is 0.356 e. The van der Waals surface area contributed by atoms with Gasteiger partial charge in [0.2, 0.25) is 15.9 Å². The molecule has 1 aliphatic rings. The molecule has 0 radical (unpaired) electrons. The van der Waals surface area contributed by atoms with Gasteiger partial charge in [-0.15, -0.1) is 0 Å². The molecular formula is C14H26N2O3S. The number of carbonyl (C=O) groups excluding carboxylic acids is 1. The van der Waals surface area contributed by atoms with E-state index in [4.69, 9.17) is 0 Å². The molecule has 116 valence electrons. The smallest absolute Gasteiger partial charge is 0.223 e. The molecule has 5 nitrogen and oxygen atoms in total. The van der Waals surface area contributed by atoms with E-state index in [1.165, 1.54) is 6.26 Å². The fourth-order valence-corrected chi connectivity index (χ4v) is 3.72. The summed E-state index contributed by atoms with van der Waals surface area (Å²) >= 11 is 0. The Labute approximate surface area is 122 Å². The van der Waals surface area contributed by atoms with Crippen molar-refractivity contribution >= 4 is 15.9 Å². The quantitative estimate of drug-likeness (QED) is 0.727. The minimum Gasteiger partial charge on any atom is -0.356 e. The van der Waals surface area contributed by atoms with Crippen LogP contribution in [0.5, 0.6) is 0 Å². The highest BCUT2D eigenvalue weighted by molar-refractivity contribution is 7.88. The lowest BCUT2D eigenvalue weighted by Gasteiger charge is -2.33. The summed E-state index contributed by atoms with van der Waals surface area (Å²) in [6.07, 6.45) is 9.98. The van der Waals surface area contributed by atoms with Crippen LogP contribution in [-0.4, -0.2) is 44.0 Å². The zero-order valence-corrected chi connectivity index (χ0v) is 13.3. The van der Waals surface area contributed by atoms with Crippen molar-refractivity contribution in [1.29, 1.82) is 0 Å². The summed E-state index contributed by atoms with van der Waals surface area (Å²) in [4.78, 5) is 11.5. The monoisotopic (exact) mass is 302 g/mol. The third-order valence-electron chi connectivity index (χ3n) is 3.50. The van der Waals surface area contributed by atoms with Gasteiger partial charge < -0.3 is 5.32 Å². The maximum absolute atomic E-state index is 11.7. The van der Waals surface area contributed by atoms with Crippen molar-refractivity contribution in [2.24, 2.45) is 0 Å². The Hall–Kier alpha value is -0.880. The molecule has 0 bridgehead atoms. The molecule has 1 fully saturated rings. The van der Waals surface area contributed by atoms with Crippen LogP contribution in [0.3, 0.4) is 0 Å². The highest BCUT2D eigenvalue weighted by atomic mass is 32.2. The zero-order chi connectivity index (χ0) is 15.0. The van der Waals surface area contributed by atoms with Crippen LogP contribution in [0, 0.1) is 0 Å². The molecule has 1 N–H and O–H groups in total. The molecule has 0 saturated carbocycles. The normalized spacial score (nSPS) is 21.2. The summed E-state index contributed by atoms with van der Waals surface area (Å²) in [6.45, 7) is 3.17. The van der Waals surface area contributed by atoms with Gasteiger partial charge in [0, 0.05) is 25.6 Å². The predicted molar refractivity (Wildman–Crippen MR) is 80.9 cm³/mol. The molecule has 1 heterocycles. The maximum Gasteiger partial charge on any atom is 0.223 e. The second-order valence-electron chi connectivity index (χ2n) is 5.25. The van der Waals surface area contributed by atoms with Gasteiger partial charge in [0.1, 0.15) is 0 Å². The van der Waals surface area contributed by atoms with Crippen LogP contribution in [-0.2, 0) is 14.8 Å². The molecule has 0 aromatic heterocycles. The minimum atomic E-state index is -3.13. The first-order valence-electron chi connectivity index (χ1n) is 7.33. The number of hydrogen-bond acceptors (Lipinski definition) is 3. The van der Waals surface area contributed by atoms with Gasteiger partial charge in [0.15, 0.2) is 0 Å². The summed E-state index contributed by atoms with van der Waals surface area (Å²) in [5, 5.41) is 2.85. The number of piperidine rings is 1. The van der Waals surface area contributed by atoms with E-state index >= 15 is 0 Å². The fourth-order valence-electron chi connectivity index (χ4n) is 2.51. The van der Waals surface area contributed by atoms with E-state index in [-0.39, 0.29) is 11.9 Å². The Morgan fingerprint density at radius 3 is 2.75 bits per heavy atom. The second-order valence-corrected chi connectivity index (χ2v) is 7.18. The average Bonchev–Trinajstić information content (AvgIpc) is 2.38. The zero-order valence-electron chi connectivity index (χ0n) is 12.5. The van der Waals surface area contributed by atoms with E-state index in [9.17, 15) is 13.2 Å². The predicted octanol–water partition coefficient (Wildman–Crippen LogP) is 1.66. The first-order chi connectivity index (χ1) is 9.45. The van der Waals surface area contributed by atoms with Crippen LogP contribution in [0.25, 0.3) is 0 Å². The minimum absolute atomic E-state index is 0.00332. The summed E-state index contributed by atoms with van der Waals surface area (Å²) in [5.74, 6) is -0.00332. The van der Waals surface area contributed by atoms with Crippen molar-refractivity contribution in [3.05, 3.63) is 12.2 Å². The third kappa shape index (κ3) is 6.05. The van der Waals surface area contributed by atoms with E-state index in [2.05, 4.69) is 5.32 Å². The summed E-state index contributed by atoms with van der Waals surface area (Å²) in [7, 11) is -3.13. The van der Waals surface area contributed by atoms with E-state index in [0.717, 1.165) is 25.7 Å². The summed E-state index contributed by atoms with van der Waals surface area (Å²) in [6, 6.07) is 0.0326. The van der Waals surface area contributed by atoms with Crippen molar-refractivity contribution in [3.63, 3.8) is 0 Å². The van der Waals surface area contributed by atoms with Gasteiger partial charge in [-0.2, -0.15) is 4.31 Å². The number of sulfonamides is 1. The van der Waals surface area contributed by atoms with E-state index < -0.39 is 10.0 Å². The Morgan fingerprint density at radius 1 is 1.35 bits per heavy atom. The molecule has 1 amide bonds. The van der Waals surface area contributed by atoms with Crippen molar-refractivity contribution in [3.8, 4) is 0 Å². The lowest BCUT2D eigenvalue weighted by Crippen LogP contribution is -2.44. The van der Waals surface area contributed by atoms with Crippen LogP contribution < -0.4 is 5.32 Å². The molecule has 20 heavy (non-hydrogen) atoms. The lowest BCUT2D eigenvalue weighted by atomic mass is 10.0. The first-order valence-corrected chi connectivity index (χ1v) is 9.18. The third-order valence-corrected chi connectivity index (χ3v) is 4.84. The Kier molecular flexibility index (Phi) is 7.23. The fraction of sp³-hybridized carbons (Fsp3) is 0.786. The van der Waals surface area contributed by atoms with Gasteiger partial charge in [-0.25, -0.2) is 8.42 Å². The van der Waals surface area contributed by atoms with Crippen LogP contribution in [0.4, 0.5) is 0 Å². The van der Waals surface area contributed by atoms with Gasteiger partial charge in [-0.1, -0.05) is 25.5 Å². The molecule has 6 heteroatoms. The van der Waals surface area contributed by atoms with Crippen molar-refractivity contribution in [2.45, 2.75) is 51.5 Å². The number of carbonyl (C=O) groups is 1. The van der Waals surface area contributed by atoms with Crippen molar-refractivity contribution < 1.29 is 13.2 Å². The standard InChI is InChI=1S/C14H26N2O3S/c1-3-4-5-9-14(17)15-11-10-13-8-6-7-12-16(13)20(2,18)19/h4-5,13H,3,6-12H2,1-2H3,(H,15,17). The first kappa shape index (κ1) is 17.2. The number of allylic oxidation sites excluding steroid dienone is 1. The van der Waals surface area contributed by atoms with Gasteiger partial charge >= 0.3 is 0 Å². The molecule has 1 rings (SSSR count). The van der Waals surface area contributed by atoms with Crippen LogP contribution in [0.1, 0.15) is 45.4 Å². The highest BCUT2D eigenvalue weighted by Crippen LogP contribution is 2.21. The molecule has 0 aromatic rings.